The summed E-state index contributed by atoms with van der Waals surface area (Å²) in [6.07, 6.45) is 0.746. The van der Waals surface area contributed by atoms with Crippen LogP contribution in [0.1, 0.15) is 38.7 Å². The minimum atomic E-state index is -0.826. The van der Waals surface area contributed by atoms with Gasteiger partial charge in [0.1, 0.15) is 0 Å². The first kappa shape index (κ1) is 15.5. The van der Waals surface area contributed by atoms with E-state index in [0.29, 0.717) is 13.1 Å². The molecular weight excluding hydrogens is 266 g/mol. The molecule has 1 fully saturated rings. The molecule has 1 aliphatic rings. The van der Waals surface area contributed by atoms with E-state index in [9.17, 15) is 14.7 Å². The van der Waals surface area contributed by atoms with Gasteiger partial charge < -0.3 is 10.0 Å². The van der Waals surface area contributed by atoms with Crippen LogP contribution in [0.15, 0.2) is 30.3 Å². The lowest BCUT2D eigenvalue weighted by Crippen LogP contribution is -2.39. The number of rotatable bonds is 4. The number of amides is 1. The number of benzene rings is 1. The highest BCUT2D eigenvalue weighted by Gasteiger charge is 2.43. The minimum absolute atomic E-state index is 0.0506. The van der Waals surface area contributed by atoms with Gasteiger partial charge in [-0.15, -0.1) is 0 Å². The molecule has 0 spiro atoms. The summed E-state index contributed by atoms with van der Waals surface area (Å²) in [7, 11) is 0. The molecule has 2 rings (SSSR count). The van der Waals surface area contributed by atoms with Gasteiger partial charge in [-0.1, -0.05) is 51.1 Å². The van der Waals surface area contributed by atoms with E-state index in [2.05, 4.69) is 0 Å². The zero-order valence-electron chi connectivity index (χ0n) is 12.9. The molecule has 0 aliphatic carbocycles. The molecule has 0 bridgehead atoms. The van der Waals surface area contributed by atoms with Gasteiger partial charge >= 0.3 is 5.97 Å². The summed E-state index contributed by atoms with van der Waals surface area (Å²) in [4.78, 5) is 25.8. The second kappa shape index (κ2) is 5.88. The number of carboxylic acid groups (broad SMARTS) is 1. The summed E-state index contributed by atoms with van der Waals surface area (Å²) in [6, 6.07) is 9.62. The lowest BCUT2D eigenvalue weighted by Gasteiger charge is -2.28. The number of hydrogen-bond acceptors (Lipinski definition) is 2. The average Bonchev–Trinajstić information content (AvgIpc) is 2.92. The first-order valence-electron chi connectivity index (χ1n) is 7.44. The van der Waals surface area contributed by atoms with Crippen molar-refractivity contribution in [2.45, 2.75) is 33.1 Å². The Bertz CT molecular complexity index is 524. The number of carbonyl (C=O) groups excluding carboxylic acids is 1. The lowest BCUT2D eigenvalue weighted by molar-refractivity contribution is -0.142. The van der Waals surface area contributed by atoms with Crippen LogP contribution in [0.2, 0.25) is 0 Å². The number of likely N-dealkylation sites (tertiary alicyclic amines) is 1. The minimum Gasteiger partial charge on any atom is -0.481 e. The zero-order chi connectivity index (χ0) is 15.6. The summed E-state index contributed by atoms with van der Waals surface area (Å²) in [5.74, 6) is -1.42. The summed E-state index contributed by atoms with van der Waals surface area (Å²) in [5, 5.41) is 9.47. The third-order valence-corrected chi connectivity index (χ3v) is 4.61. The van der Waals surface area contributed by atoms with Crippen molar-refractivity contribution < 1.29 is 14.7 Å². The highest BCUT2D eigenvalue weighted by Crippen LogP contribution is 2.35. The smallest absolute Gasteiger partial charge is 0.308 e. The van der Waals surface area contributed by atoms with E-state index >= 15 is 0 Å². The SMILES string of the molecule is CCC(C)(C)C(=O)N1CC(C(=O)O)C(c2ccccc2)C1. The van der Waals surface area contributed by atoms with Crippen molar-refractivity contribution in [2.75, 3.05) is 13.1 Å². The quantitative estimate of drug-likeness (QED) is 0.927. The van der Waals surface area contributed by atoms with Gasteiger partial charge in [0.25, 0.3) is 0 Å². The van der Waals surface area contributed by atoms with Gasteiger partial charge in [0.2, 0.25) is 5.91 Å². The third kappa shape index (κ3) is 3.09. The van der Waals surface area contributed by atoms with E-state index in [1.165, 1.54) is 0 Å². The molecule has 1 aliphatic heterocycles. The molecule has 0 saturated carbocycles. The van der Waals surface area contributed by atoms with Crippen molar-refractivity contribution in [1.29, 1.82) is 0 Å². The van der Waals surface area contributed by atoms with Gasteiger partial charge in [-0.3, -0.25) is 9.59 Å². The molecule has 1 amide bonds. The molecule has 2 atom stereocenters. The zero-order valence-corrected chi connectivity index (χ0v) is 12.9. The van der Waals surface area contributed by atoms with Crippen LogP contribution in [0.3, 0.4) is 0 Å². The van der Waals surface area contributed by atoms with E-state index in [4.69, 9.17) is 0 Å². The van der Waals surface area contributed by atoms with Crippen LogP contribution in [-0.2, 0) is 9.59 Å². The Morgan fingerprint density at radius 3 is 2.38 bits per heavy atom. The Morgan fingerprint density at radius 2 is 1.86 bits per heavy atom. The molecule has 2 unspecified atom stereocenters. The van der Waals surface area contributed by atoms with E-state index < -0.39 is 17.3 Å². The summed E-state index contributed by atoms with van der Waals surface area (Å²) in [5.41, 5.74) is 0.559. The second-order valence-corrected chi connectivity index (χ2v) is 6.41. The molecule has 114 valence electrons. The molecule has 0 aromatic heterocycles. The van der Waals surface area contributed by atoms with Gasteiger partial charge in [0.15, 0.2) is 0 Å². The fourth-order valence-corrected chi connectivity index (χ4v) is 2.84. The summed E-state index contributed by atoms with van der Waals surface area (Å²) >= 11 is 0. The van der Waals surface area contributed by atoms with Crippen molar-refractivity contribution in [2.24, 2.45) is 11.3 Å². The van der Waals surface area contributed by atoms with Crippen molar-refractivity contribution >= 4 is 11.9 Å². The van der Waals surface area contributed by atoms with Crippen LogP contribution in [0.25, 0.3) is 0 Å². The number of aliphatic carboxylic acids is 1. The van der Waals surface area contributed by atoms with Crippen molar-refractivity contribution in [3.05, 3.63) is 35.9 Å². The number of carboxylic acids is 1. The molecule has 1 saturated heterocycles. The fraction of sp³-hybridized carbons (Fsp3) is 0.529. The molecule has 1 heterocycles. The van der Waals surface area contributed by atoms with Crippen molar-refractivity contribution in [3.8, 4) is 0 Å². The van der Waals surface area contributed by atoms with Gasteiger partial charge in [-0.05, 0) is 12.0 Å². The largest absolute Gasteiger partial charge is 0.481 e. The molecular formula is C17H23NO3. The van der Waals surface area contributed by atoms with Crippen molar-refractivity contribution in [3.63, 3.8) is 0 Å². The summed E-state index contributed by atoms with van der Waals surface area (Å²) in [6.45, 7) is 6.61. The maximum atomic E-state index is 12.6. The van der Waals surface area contributed by atoms with E-state index in [-0.39, 0.29) is 11.8 Å². The Kier molecular flexibility index (Phi) is 4.35. The Labute approximate surface area is 125 Å². The van der Waals surface area contributed by atoms with Crippen LogP contribution < -0.4 is 0 Å². The van der Waals surface area contributed by atoms with E-state index in [1.807, 2.05) is 51.1 Å². The topological polar surface area (TPSA) is 57.6 Å². The van der Waals surface area contributed by atoms with Gasteiger partial charge in [0, 0.05) is 24.4 Å². The van der Waals surface area contributed by atoms with Gasteiger partial charge in [0.05, 0.1) is 5.92 Å². The van der Waals surface area contributed by atoms with E-state index in [1.54, 1.807) is 4.90 Å². The molecule has 1 aromatic rings. The normalized spacial score (nSPS) is 22.3. The average molecular weight is 289 g/mol. The van der Waals surface area contributed by atoms with Crippen LogP contribution in [0, 0.1) is 11.3 Å². The highest BCUT2D eigenvalue weighted by molar-refractivity contribution is 5.84. The first-order valence-corrected chi connectivity index (χ1v) is 7.44. The van der Waals surface area contributed by atoms with Gasteiger partial charge in [-0.2, -0.15) is 0 Å². The van der Waals surface area contributed by atoms with Crippen LogP contribution in [-0.4, -0.2) is 35.0 Å². The fourth-order valence-electron chi connectivity index (χ4n) is 2.84. The Balaban J connectivity index is 2.24. The molecule has 1 aromatic carbocycles. The predicted octanol–water partition coefficient (Wildman–Crippen LogP) is 2.75. The first-order chi connectivity index (χ1) is 9.86. The maximum absolute atomic E-state index is 12.6. The number of carbonyl (C=O) groups is 2. The summed E-state index contributed by atoms with van der Waals surface area (Å²) < 4.78 is 0. The maximum Gasteiger partial charge on any atom is 0.308 e. The number of nitrogens with zero attached hydrogens (tertiary/aromatic N) is 1. The molecule has 1 N–H and O–H groups in total. The standard InChI is InChI=1S/C17H23NO3/c1-4-17(2,3)16(21)18-10-13(14(11-18)15(19)20)12-8-6-5-7-9-12/h5-9,13-14H,4,10-11H2,1-3H3,(H,19,20). The predicted molar refractivity (Wildman–Crippen MR) is 81.0 cm³/mol. The van der Waals surface area contributed by atoms with Gasteiger partial charge in [-0.25, -0.2) is 0 Å². The highest BCUT2D eigenvalue weighted by atomic mass is 16.4. The Hall–Kier alpha value is -1.84. The lowest BCUT2D eigenvalue weighted by atomic mass is 9.88. The van der Waals surface area contributed by atoms with Crippen LogP contribution in [0.4, 0.5) is 0 Å². The molecule has 21 heavy (non-hydrogen) atoms. The molecule has 0 radical (unpaired) electrons. The molecule has 4 heteroatoms. The second-order valence-electron chi connectivity index (χ2n) is 6.41. The van der Waals surface area contributed by atoms with Crippen molar-refractivity contribution in [1.82, 2.24) is 4.90 Å². The van der Waals surface area contributed by atoms with Crippen LogP contribution in [0.5, 0.6) is 0 Å². The van der Waals surface area contributed by atoms with Crippen LogP contribution >= 0.6 is 0 Å². The third-order valence-electron chi connectivity index (χ3n) is 4.61. The monoisotopic (exact) mass is 289 g/mol. The molecule has 4 nitrogen and oxygen atoms in total. The van der Waals surface area contributed by atoms with E-state index in [0.717, 1.165) is 12.0 Å². The Morgan fingerprint density at radius 1 is 1.24 bits per heavy atom. The number of hydrogen-bond donors (Lipinski definition) is 1.